The fourth-order valence-corrected chi connectivity index (χ4v) is 4.67. The van der Waals surface area contributed by atoms with Gasteiger partial charge in [-0.1, -0.05) is 30.0 Å². The Kier molecular flexibility index (Phi) is 4.58. The number of hydrogen-bond acceptors (Lipinski definition) is 3. The van der Waals surface area contributed by atoms with Gasteiger partial charge in [0, 0.05) is 5.56 Å². The number of carbonyl (C=O) groups is 1. The van der Waals surface area contributed by atoms with Gasteiger partial charge in [-0.2, -0.15) is 0 Å². The number of H-pyrrole nitrogens is 1. The van der Waals surface area contributed by atoms with Gasteiger partial charge in [0.15, 0.2) is 5.16 Å². The third-order valence-electron chi connectivity index (χ3n) is 5.37. The molecule has 0 saturated heterocycles. The quantitative estimate of drug-likeness (QED) is 0.600. The van der Waals surface area contributed by atoms with E-state index in [-0.39, 0.29) is 11.4 Å². The molecular weight excluding hydrogens is 366 g/mol. The lowest BCUT2D eigenvalue weighted by Crippen LogP contribution is -2.49. The second-order valence-corrected chi connectivity index (χ2v) is 8.98. The predicted octanol–water partition coefficient (Wildman–Crippen LogP) is 5.50. The lowest BCUT2D eigenvalue weighted by atomic mass is 9.87. The normalized spacial score (nSPS) is 15.5. The molecule has 5 heteroatoms. The fourth-order valence-electron chi connectivity index (χ4n) is 3.93. The molecule has 1 aliphatic rings. The molecule has 0 fully saturated rings. The molecule has 0 spiro atoms. The van der Waals surface area contributed by atoms with Crippen LogP contribution in [0.1, 0.15) is 37.5 Å². The second-order valence-electron chi connectivity index (χ2n) is 8.01. The Morgan fingerprint density at radius 3 is 2.61 bits per heavy atom. The molecule has 4 nitrogen and oxygen atoms in total. The van der Waals surface area contributed by atoms with Crippen molar-refractivity contribution in [3.8, 4) is 0 Å². The minimum Gasteiger partial charge on any atom is -0.333 e. The highest BCUT2D eigenvalue weighted by molar-refractivity contribution is 7.99. The zero-order chi connectivity index (χ0) is 20.1. The Morgan fingerprint density at radius 2 is 1.86 bits per heavy atom. The first-order valence-corrected chi connectivity index (χ1v) is 10.5. The van der Waals surface area contributed by atoms with E-state index in [1.807, 2.05) is 29.2 Å². The van der Waals surface area contributed by atoms with Crippen LogP contribution in [-0.4, -0.2) is 27.2 Å². The van der Waals surface area contributed by atoms with Gasteiger partial charge in [0.1, 0.15) is 0 Å². The summed E-state index contributed by atoms with van der Waals surface area (Å²) in [7, 11) is 0. The van der Waals surface area contributed by atoms with Crippen LogP contribution in [0.3, 0.4) is 0 Å². The van der Waals surface area contributed by atoms with Gasteiger partial charge >= 0.3 is 0 Å². The molecule has 0 unspecified atom stereocenters. The van der Waals surface area contributed by atoms with Gasteiger partial charge in [-0.3, -0.25) is 4.79 Å². The van der Waals surface area contributed by atoms with Crippen molar-refractivity contribution in [3.05, 3.63) is 59.2 Å². The summed E-state index contributed by atoms with van der Waals surface area (Å²) < 4.78 is 0. The van der Waals surface area contributed by atoms with E-state index in [0.29, 0.717) is 5.75 Å². The molecule has 1 amide bonds. The largest absolute Gasteiger partial charge is 0.333 e. The maximum Gasteiger partial charge on any atom is 0.238 e. The van der Waals surface area contributed by atoms with E-state index in [1.54, 1.807) is 0 Å². The van der Waals surface area contributed by atoms with Crippen LogP contribution < -0.4 is 4.90 Å². The number of aromatic nitrogens is 2. The topological polar surface area (TPSA) is 49.0 Å². The first kappa shape index (κ1) is 18.8. The van der Waals surface area contributed by atoms with Gasteiger partial charge in [0.05, 0.1) is 28.0 Å². The smallest absolute Gasteiger partial charge is 0.238 e. The van der Waals surface area contributed by atoms with Gasteiger partial charge in [0.25, 0.3) is 0 Å². The lowest BCUT2D eigenvalue weighted by Gasteiger charge is -2.42. The van der Waals surface area contributed by atoms with Crippen LogP contribution in [-0.2, 0) is 4.79 Å². The molecule has 0 radical (unpaired) electrons. The third-order valence-corrected chi connectivity index (χ3v) is 6.23. The van der Waals surface area contributed by atoms with Crippen LogP contribution in [0.15, 0.2) is 47.6 Å². The number of hydrogen-bond donors (Lipinski definition) is 1. The number of thioether (sulfide) groups is 1. The van der Waals surface area contributed by atoms with Crippen LogP contribution in [0.25, 0.3) is 16.6 Å². The number of fused-ring (bicyclic) bond motifs is 2. The summed E-state index contributed by atoms with van der Waals surface area (Å²) in [5.41, 5.74) is 7.35. The molecule has 2 aromatic carbocycles. The van der Waals surface area contributed by atoms with E-state index < -0.39 is 0 Å². The highest BCUT2D eigenvalue weighted by Crippen LogP contribution is 2.40. The Morgan fingerprint density at radius 1 is 1.14 bits per heavy atom. The van der Waals surface area contributed by atoms with Crippen molar-refractivity contribution in [2.75, 3.05) is 10.7 Å². The van der Waals surface area contributed by atoms with Crippen molar-refractivity contribution in [3.63, 3.8) is 0 Å². The van der Waals surface area contributed by atoms with E-state index in [4.69, 9.17) is 0 Å². The van der Waals surface area contributed by atoms with E-state index in [2.05, 4.69) is 62.8 Å². The van der Waals surface area contributed by atoms with E-state index in [9.17, 15) is 4.79 Å². The number of nitrogens with zero attached hydrogens (tertiary/aromatic N) is 2. The summed E-state index contributed by atoms with van der Waals surface area (Å²) in [6, 6.07) is 12.3. The predicted molar refractivity (Wildman–Crippen MR) is 118 cm³/mol. The lowest BCUT2D eigenvalue weighted by molar-refractivity contribution is -0.116. The van der Waals surface area contributed by atoms with Gasteiger partial charge < -0.3 is 9.88 Å². The zero-order valence-corrected chi connectivity index (χ0v) is 17.8. The Balaban J connectivity index is 1.63. The number of amides is 1. The number of para-hydroxylation sites is 2. The minimum atomic E-state index is -0.371. The number of imidazole rings is 1. The van der Waals surface area contributed by atoms with Gasteiger partial charge in [-0.25, -0.2) is 4.98 Å². The number of benzene rings is 2. The van der Waals surface area contributed by atoms with E-state index >= 15 is 0 Å². The van der Waals surface area contributed by atoms with Crippen molar-refractivity contribution >= 4 is 40.0 Å². The number of aromatic amines is 1. The van der Waals surface area contributed by atoms with Gasteiger partial charge in [-0.15, -0.1) is 0 Å². The van der Waals surface area contributed by atoms with Crippen LogP contribution in [0.5, 0.6) is 0 Å². The summed E-state index contributed by atoms with van der Waals surface area (Å²) in [4.78, 5) is 23.1. The van der Waals surface area contributed by atoms with Crippen LogP contribution >= 0.6 is 11.8 Å². The number of anilines is 1. The number of allylic oxidation sites excluding steroid dienone is 1. The highest BCUT2D eigenvalue weighted by Gasteiger charge is 2.36. The van der Waals surface area contributed by atoms with Crippen molar-refractivity contribution < 1.29 is 4.79 Å². The van der Waals surface area contributed by atoms with Gasteiger partial charge in [-0.05, 0) is 75.6 Å². The Bertz CT molecular complexity index is 1080. The molecule has 0 aliphatic carbocycles. The molecule has 1 N–H and O–H groups in total. The highest BCUT2D eigenvalue weighted by atomic mass is 32.2. The molecule has 144 valence electrons. The standard InChI is InChI=1S/C23H25N3OS/c1-14-10-17-16(3)12-23(4,5)26(20(17)11-15(14)2)21(27)13-28-22-24-18-8-6-7-9-19(18)25-22/h6-12H,13H2,1-5H3,(H,24,25). The maximum atomic E-state index is 13.3. The number of rotatable bonds is 3. The van der Waals surface area contributed by atoms with Gasteiger partial charge in [0.2, 0.25) is 5.91 Å². The second kappa shape index (κ2) is 6.82. The molecule has 0 saturated carbocycles. The molecule has 1 aliphatic heterocycles. The number of nitrogens with one attached hydrogen (secondary N) is 1. The summed E-state index contributed by atoms with van der Waals surface area (Å²) in [5, 5.41) is 0.774. The Labute approximate surface area is 170 Å². The van der Waals surface area contributed by atoms with Crippen LogP contribution in [0.2, 0.25) is 0 Å². The summed E-state index contributed by atoms with van der Waals surface area (Å²) >= 11 is 1.45. The molecule has 1 aromatic heterocycles. The molecule has 3 aromatic rings. The summed E-state index contributed by atoms with van der Waals surface area (Å²) in [6.07, 6.45) is 2.19. The monoisotopic (exact) mass is 391 g/mol. The summed E-state index contributed by atoms with van der Waals surface area (Å²) in [5.74, 6) is 0.423. The number of carbonyl (C=O) groups excluding carboxylic acids is 1. The van der Waals surface area contributed by atoms with E-state index in [1.165, 1.54) is 28.5 Å². The molecule has 0 bridgehead atoms. The third kappa shape index (κ3) is 3.24. The molecule has 4 rings (SSSR count). The van der Waals surface area contributed by atoms with Crippen LogP contribution in [0.4, 0.5) is 5.69 Å². The first-order chi connectivity index (χ1) is 13.3. The van der Waals surface area contributed by atoms with E-state index in [0.717, 1.165) is 27.4 Å². The Hall–Kier alpha value is -2.53. The average molecular weight is 392 g/mol. The maximum absolute atomic E-state index is 13.3. The molecule has 2 heterocycles. The minimum absolute atomic E-state index is 0.0868. The molecule has 28 heavy (non-hydrogen) atoms. The van der Waals surface area contributed by atoms with Crippen molar-refractivity contribution in [2.24, 2.45) is 0 Å². The first-order valence-electron chi connectivity index (χ1n) is 9.48. The van der Waals surface area contributed by atoms with Crippen molar-refractivity contribution in [1.29, 1.82) is 0 Å². The van der Waals surface area contributed by atoms with Crippen molar-refractivity contribution in [2.45, 2.75) is 45.3 Å². The number of aryl methyl sites for hydroxylation is 2. The fraction of sp³-hybridized carbons (Fsp3) is 0.304. The zero-order valence-electron chi connectivity index (χ0n) is 17.0. The SMILES string of the molecule is CC1=CC(C)(C)N(C(=O)CSc2nc3ccccc3[nH]2)c2cc(C)c(C)cc21. The molecule has 0 atom stereocenters. The molecular formula is C23H25N3OS. The van der Waals surface area contributed by atoms with Crippen LogP contribution in [0, 0.1) is 13.8 Å². The average Bonchev–Trinajstić information content (AvgIpc) is 3.04. The summed E-state index contributed by atoms with van der Waals surface area (Å²) in [6.45, 7) is 10.5. The van der Waals surface area contributed by atoms with Crippen molar-refractivity contribution in [1.82, 2.24) is 9.97 Å².